The minimum Gasteiger partial charge on any atom is -0.494 e. The second kappa shape index (κ2) is 9.92. The molecule has 0 N–H and O–H groups in total. The molecule has 7 nitrogen and oxygen atoms in total. The third-order valence-electron chi connectivity index (χ3n) is 5.90. The van der Waals surface area contributed by atoms with Gasteiger partial charge >= 0.3 is 0 Å². The minimum absolute atomic E-state index is 0.0709. The van der Waals surface area contributed by atoms with Gasteiger partial charge in [0.2, 0.25) is 5.91 Å². The van der Waals surface area contributed by atoms with Crippen LogP contribution in [0.3, 0.4) is 0 Å². The van der Waals surface area contributed by atoms with Crippen LogP contribution in [-0.4, -0.2) is 72.5 Å². The number of carbonyl (C=O) groups excluding carboxylic acids is 2. The lowest BCUT2D eigenvalue weighted by Gasteiger charge is -2.34. The number of benzene rings is 1. The molecule has 0 radical (unpaired) electrons. The highest BCUT2D eigenvalue weighted by Crippen LogP contribution is 2.22. The SMILES string of the molecule is Cc1ccc(C(=O)N2CCN(c3ccc(OCCCN4CCCC4)cc3)C(=O)C2)cn1. The number of aryl methyl sites for hydroxylation is 1. The Morgan fingerprint density at radius 3 is 2.48 bits per heavy atom. The van der Waals surface area contributed by atoms with Gasteiger partial charge < -0.3 is 19.4 Å². The van der Waals surface area contributed by atoms with Crippen molar-refractivity contribution in [2.24, 2.45) is 0 Å². The average Bonchev–Trinajstić information content (AvgIpc) is 3.31. The lowest BCUT2D eigenvalue weighted by atomic mass is 10.2. The third kappa shape index (κ3) is 5.41. The molecule has 0 spiro atoms. The molecule has 7 heteroatoms. The number of nitrogens with zero attached hydrogens (tertiary/aromatic N) is 4. The monoisotopic (exact) mass is 422 g/mol. The number of pyridine rings is 1. The van der Waals surface area contributed by atoms with Crippen LogP contribution in [0.1, 0.15) is 35.3 Å². The van der Waals surface area contributed by atoms with Crippen LogP contribution in [-0.2, 0) is 4.79 Å². The summed E-state index contributed by atoms with van der Waals surface area (Å²) in [6.45, 7) is 7.13. The van der Waals surface area contributed by atoms with E-state index in [4.69, 9.17) is 4.74 Å². The second-order valence-corrected chi connectivity index (χ2v) is 8.21. The predicted octanol–water partition coefficient (Wildman–Crippen LogP) is 2.74. The van der Waals surface area contributed by atoms with Crippen LogP contribution < -0.4 is 9.64 Å². The van der Waals surface area contributed by atoms with Gasteiger partial charge in [0, 0.05) is 37.2 Å². The number of hydrogen-bond donors (Lipinski definition) is 0. The zero-order valence-corrected chi connectivity index (χ0v) is 18.1. The lowest BCUT2D eigenvalue weighted by Crippen LogP contribution is -2.52. The summed E-state index contributed by atoms with van der Waals surface area (Å²) in [5.41, 5.74) is 2.20. The quantitative estimate of drug-likeness (QED) is 0.642. The van der Waals surface area contributed by atoms with E-state index in [9.17, 15) is 9.59 Å². The number of amides is 2. The first-order valence-electron chi connectivity index (χ1n) is 11.1. The molecule has 1 aromatic carbocycles. The van der Waals surface area contributed by atoms with Crippen molar-refractivity contribution in [3.8, 4) is 5.75 Å². The highest BCUT2D eigenvalue weighted by molar-refractivity contribution is 6.01. The fourth-order valence-electron chi connectivity index (χ4n) is 4.10. The number of hydrogen-bond acceptors (Lipinski definition) is 5. The maximum atomic E-state index is 12.7. The van der Waals surface area contributed by atoms with Crippen molar-refractivity contribution in [2.75, 3.05) is 50.8 Å². The summed E-state index contributed by atoms with van der Waals surface area (Å²) in [4.78, 5) is 35.3. The van der Waals surface area contributed by atoms with E-state index in [1.165, 1.54) is 25.9 Å². The summed E-state index contributed by atoms with van der Waals surface area (Å²) < 4.78 is 5.85. The van der Waals surface area contributed by atoms with Crippen molar-refractivity contribution in [3.63, 3.8) is 0 Å². The normalized spacial score (nSPS) is 17.3. The number of carbonyl (C=O) groups is 2. The molecule has 2 aliphatic rings. The third-order valence-corrected chi connectivity index (χ3v) is 5.90. The van der Waals surface area contributed by atoms with Crippen LogP contribution in [0.15, 0.2) is 42.6 Å². The Morgan fingerprint density at radius 1 is 1.03 bits per heavy atom. The van der Waals surface area contributed by atoms with Crippen LogP contribution in [0.2, 0.25) is 0 Å². The molecule has 0 aliphatic carbocycles. The molecule has 2 fully saturated rings. The second-order valence-electron chi connectivity index (χ2n) is 8.21. The molecule has 0 saturated carbocycles. The Hall–Kier alpha value is -2.93. The van der Waals surface area contributed by atoms with Crippen LogP contribution >= 0.6 is 0 Å². The molecule has 1 aromatic heterocycles. The van der Waals surface area contributed by atoms with Crippen molar-refractivity contribution in [1.29, 1.82) is 0 Å². The van der Waals surface area contributed by atoms with Gasteiger partial charge in [-0.3, -0.25) is 14.6 Å². The van der Waals surface area contributed by atoms with E-state index in [0.717, 1.165) is 30.1 Å². The predicted molar refractivity (Wildman–Crippen MR) is 119 cm³/mol. The summed E-state index contributed by atoms with van der Waals surface area (Å²) >= 11 is 0. The van der Waals surface area contributed by atoms with Crippen LogP contribution in [0.25, 0.3) is 0 Å². The smallest absolute Gasteiger partial charge is 0.255 e. The molecule has 164 valence electrons. The fourth-order valence-corrected chi connectivity index (χ4v) is 4.10. The topological polar surface area (TPSA) is 66.0 Å². The van der Waals surface area contributed by atoms with Gasteiger partial charge in [-0.15, -0.1) is 0 Å². The molecule has 2 aliphatic heterocycles. The van der Waals surface area contributed by atoms with E-state index in [1.54, 1.807) is 28.1 Å². The van der Waals surface area contributed by atoms with Crippen molar-refractivity contribution < 1.29 is 14.3 Å². The fraction of sp³-hybridized carbons (Fsp3) is 0.458. The van der Waals surface area contributed by atoms with Gasteiger partial charge in [-0.1, -0.05) is 0 Å². The number of anilines is 1. The molecule has 0 bridgehead atoms. The molecule has 2 amide bonds. The summed E-state index contributed by atoms with van der Waals surface area (Å²) in [5, 5.41) is 0. The molecule has 31 heavy (non-hydrogen) atoms. The van der Waals surface area contributed by atoms with Crippen LogP contribution in [0.5, 0.6) is 5.75 Å². The van der Waals surface area contributed by atoms with E-state index in [1.807, 2.05) is 31.2 Å². The van der Waals surface area contributed by atoms with Crippen molar-refractivity contribution in [1.82, 2.24) is 14.8 Å². The summed E-state index contributed by atoms with van der Waals surface area (Å²) in [7, 11) is 0. The van der Waals surface area contributed by atoms with Crippen LogP contribution in [0, 0.1) is 6.92 Å². The maximum absolute atomic E-state index is 12.7. The molecular weight excluding hydrogens is 392 g/mol. The molecule has 3 heterocycles. The Balaban J connectivity index is 1.26. The van der Waals surface area contributed by atoms with E-state index in [0.29, 0.717) is 25.3 Å². The Labute approximate surface area is 183 Å². The van der Waals surface area contributed by atoms with Crippen molar-refractivity contribution in [3.05, 3.63) is 53.9 Å². The van der Waals surface area contributed by atoms with E-state index >= 15 is 0 Å². The summed E-state index contributed by atoms with van der Waals surface area (Å²) in [6, 6.07) is 11.2. The highest BCUT2D eigenvalue weighted by Gasteiger charge is 2.28. The lowest BCUT2D eigenvalue weighted by molar-refractivity contribution is -0.120. The zero-order chi connectivity index (χ0) is 21.6. The number of ether oxygens (including phenoxy) is 1. The van der Waals surface area contributed by atoms with Gasteiger partial charge in [-0.25, -0.2) is 0 Å². The first kappa shape index (κ1) is 21.3. The van der Waals surface area contributed by atoms with E-state index < -0.39 is 0 Å². The minimum atomic E-state index is -0.154. The van der Waals surface area contributed by atoms with Gasteiger partial charge in [0.25, 0.3) is 5.91 Å². The Bertz CT molecular complexity index is 892. The Kier molecular flexibility index (Phi) is 6.82. The van der Waals surface area contributed by atoms with Crippen molar-refractivity contribution >= 4 is 17.5 Å². The largest absolute Gasteiger partial charge is 0.494 e. The number of aromatic nitrogens is 1. The van der Waals surface area contributed by atoms with Crippen molar-refractivity contribution in [2.45, 2.75) is 26.2 Å². The zero-order valence-electron chi connectivity index (χ0n) is 18.1. The summed E-state index contributed by atoms with van der Waals surface area (Å²) in [5.74, 6) is 0.579. The Morgan fingerprint density at radius 2 is 1.81 bits per heavy atom. The molecule has 0 unspecified atom stereocenters. The van der Waals surface area contributed by atoms with Crippen LogP contribution in [0.4, 0.5) is 5.69 Å². The van der Waals surface area contributed by atoms with Gasteiger partial charge in [0.15, 0.2) is 0 Å². The molecule has 4 rings (SSSR count). The first-order valence-corrected chi connectivity index (χ1v) is 11.1. The van der Waals surface area contributed by atoms with E-state index in [-0.39, 0.29) is 18.4 Å². The van der Waals surface area contributed by atoms with Gasteiger partial charge in [-0.05, 0) is 75.7 Å². The molecule has 0 atom stereocenters. The first-order chi connectivity index (χ1) is 15.1. The summed E-state index contributed by atoms with van der Waals surface area (Å²) in [6.07, 6.45) is 5.21. The van der Waals surface area contributed by atoms with Gasteiger partial charge in [0.05, 0.1) is 12.2 Å². The van der Waals surface area contributed by atoms with E-state index in [2.05, 4.69) is 9.88 Å². The number of likely N-dealkylation sites (tertiary alicyclic amines) is 1. The van der Waals surface area contributed by atoms with Gasteiger partial charge in [-0.2, -0.15) is 0 Å². The maximum Gasteiger partial charge on any atom is 0.255 e. The highest BCUT2D eigenvalue weighted by atomic mass is 16.5. The molecular formula is C24H30N4O3. The average molecular weight is 423 g/mol. The van der Waals surface area contributed by atoms with Gasteiger partial charge in [0.1, 0.15) is 12.3 Å². The number of piperazine rings is 1. The molecule has 2 saturated heterocycles. The molecule has 2 aromatic rings. The standard InChI is InChI=1S/C24H30N4O3/c1-19-5-6-20(17-25-19)24(30)27-14-15-28(23(29)18-27)21-7-9-22(10-8-21)31-16-4-13-26-11-2-3-12-26/h5-10,17H,2-4,11-16,18H2,1H3. The number of rotatable bonds is 7.